The Labute approximate surface area is 92.7 Å². The lowest BCUT2D eigenvalue weighted by atomic mass is 10.1. The number of anilines is 1. The van der Waals surface area contributed by atoms with Crippen LogP contribution in [0, 0.1) is 5.92 Å². The van der Waals surface area contributed by atoms with Gasteiger partial charge in [0.25, 0.3) is 0 Å². The van der Waals surface area contributed by atoms with Gasteiger partial charge in [-0.25, -0.2) is 4.98 Å². The molecule has 1 atom stereocenters. The maximum atomic E-state index is 9.11. The Bertz CT molecular complexity index is 274. The zero-order chi connectivity index (χ0) is 10.6. The highest BCUT2D eigenvalue weighted by Crippen LogP contribution is 2.13. The third-order valence-corrected chi connectivity index (χ3v) is 2.53. The van der Waals surface area contributed by atoms with Gasteiger partial charge in [0.05, 0.1) is 12.6 Å². The Morgan fingerprint density at radius 2 is 2.21 bits per heavy atom. The van der Waals surface area contributed by atoms with Gasteiger partial charge < -0.3 is 10.4 Å². The number of nitrogens with zero attached hydrogens (tertiary/aromatic N) is 1. The molecule has 3 nitrogen and oxygen atoms in total. The number of hydrogen-bond donors (Lipinski definition) is 2. The molecule has 0 aliphatic carbocycles. The molecule has 0 saturated heterocycles. The summed E-state index contributed by atoms with van der Waals surface area (Å²) in [5, 5.41) is 12.3. The quantitative estimate of drug-likeness (QED) is 0.871. The van der Waals surface area contributed by atoms with Crippen molar-refractivity contribution < 1.29 is 5.11 Å². The fourth-order valence-electron chi connectivity index (χ4n) is 1.07. The monoisotopic (exact) mass is 258 g/mol. The highest BCUT2D eigenvalue weighted by atomic mass is 79.9. The number of pyridine rings is 1. The number of aliphatic hydroxyl groups is 1. The van der Waals surface area contributed by atoms with Gasteiger partial charge in [-0.2, -0.15) is 0 Å². The van der Waals surface area contributed by atoms with Crippen LogP contribution in [0.1, 0.15) is 13.8 Å². The summed E-state index contributed by atoms with van der Waals surface area (Å²) >= 11 is 3.32. The van der Waals surface area contributed by atoms with Crippen LogP contribution in [0.2, 0.25) is 0 Å². The van der Waals surface area contributed by atoms with E-state index in [0.29, 0.717) is 5.92 Å². The van der Waals surface area contributed by atoms with Gasteiger partial charge in [-0.15, -0.1) is 0 Å². The second kappa shape index (κ2) is 5.32. The van der Waals surface area contributed by atoms with Crippen molar-refractivity contribution in [2.45, 2.75) is 19.9 Å². The molecule has 1 aromatic rings. The van der Waals surface area contributed by atoms with Gasteiger partial charge in [-0.3, -0.25) is 0 Å². The molecule has 2 N–H and O–H groups in total. The number of hydrogen-bond acceptors (Lipinski definition) is 3. The van der Waals surface area contributed by atoms with Crippen LogP contribution in [0.5, 0.6) is 0 Å². The van der Waals surface area contributed by atoms with Gasteiger partial charge in [0, 0.05) is 10.7 Å². The minimum atomic E-state index is 0.0590. The lowest BCUT2D eigenvalue weighted by Gasteiger charge is -2.20. The molecule has 1 unspecified atom stereocenters. The van der Waals surface area contributed by atoms with Crippen LogP contribution < -0.4 is 5.32 Å². The van der Waals surface area contributed by atoms with Crippen LogP contribution in [-0.4, -0.2) is 22.7 Å². The van der Waals surface area contributed by atoms with Crippen LogP contribution in [0.25, 0.3) is 0 Å². The van der Waals surface area contributed by atoms with Gasteiger partial charge >= 0.3 is 0 Å². The van der Waals surface area contributed by atoms with Crippen molar-refractivity contribution in [3.05, 3.63) is 22.8 Å². The third-order valence-electron chi connectivity index (χ3n) is 2.06. The van der Waals surface area contributed by atoms with Crippen molar-refractivity contribution in [3.8, 4) is 0 Å². The lowest BCUT2D eigenvalue weighted by Crippen LogP contribution is -2.29. The summed E-state index contributed by atoms with van der Waals surface area (Å²) in [7, 11) is 0. The molecule has 1 aromatic heterocycles. The normalized spacial score (nSPS) is 12.9. The number of aromatic nitrogens is 1. The predicted octanol–water partition coefficient (Wildman–Crippen LogP) is 2.27. The molecule has 0 radical (unpaired) electrons. The van der Waals surface area contributed by atoms with Crippen molar-refractivity contribution in [1.82, 2.24) is 4.98 Å². The van der Waals surface area contributed by atoms with Gasteiger partial charge in [-0.05, 0) is 34.0 Å². The zero-order valence-corrected chi connectivity index (χ0v) is 9.95. The predicted molar refractivity (Wildman–Crippen MR) is 61.3 cm³/mol. The fraction of sp³-hybridized carbons (Fsp3) is 0.500. The molecule has 0 saturated carbocycles. The first-order valence-electron chi connectivity index (χ1n) is 4.62. The number of aliphatic hydroxyl groups excluding tert-OH is 1. The minimum absolute atomic E-state index is 0.0590. The third kappa shape index (κ3) is 3.27. The van der Waals surface area contributed by atoms with Gasteiger partial charge in [0.2, 0.25) is 0 Å². The van der Waals surface area contributed by atoms with E-state index in [9.17, 15) is 0 Å². The number of rotatable bonds is 4. The summed E-state index contributed by atoms with van der Waals surface area (Å²) in [4.78, 5) is 4.18. The average molecular weight is 259 g/mol. The highest BCUT2D eigenvalue weighted by molar-refractivity contribution is 9.10. The Morgan fingerprint density at radius 1 is 1.50 bits per heavy atom. The Morgan fingerprint density at radius 3 is 2.64 bits per heavy atom. The second-order valence-electron chi connectivity index (χ2n) is 3.54. The zero-order valence-electron chi connectivity index (χ0n) is 8.37. The summed E-state index contributed by atoms with van der Waals surface area (Å²) in [6, 6.07) is 3.86. The molecule has 0 aromatic carbocycles. The summed E-state index contributed by atoms with van der Waals surface area (Å²) in [6.07, 6.45) is 1.73. The van der Waals surface area contributed by atoms with E-state index in [0.717, 1.165) is 10.3 Å². The van der Waals surface area contributed by atoms with Gasteiger partial charge in [0.1, 0.15) is 5.82 Å². The van der Waals surface area contributed by atoms with Gasteiger partial charge in [0.15, 0.2) is 0 Å². The largest absolute Gasteiger partial charge is 0.394 e. The summed E-state index contributed by atoms with van der Waals surface area (Å²) in [5.74, 6) is 1.17. The molecule has 0 aliphatic heterocycles. The molecule has 0 amide bonds. The van der Waals surface area contributed by atoms with Crippen molar-refractivity contribution in [1.29, 1.82) is 0 Å². The van der Waals surface area contributed by atoms with Crippen LogP contribution in [0.3, 0.4) is 0 Å². The first-order chi connectivity index (χ1) is 6.63. The number of halogens is 1. The van der Waals surface area contributed by atoms with Crippen LogP contribution in [0.4, 0.5) is 5.82 Å². The van der Waals surface area contributed by atoms with E-state index in [4.69, 9.17) is 5.11 Å². The minimum Gasteiger partial charge on any atom is -0.394 e. The molecule has 1 heterocycles. The molecule has 1 rings (SSSR count). The molecule has 78 valence electrons. The van der Waals surface area contributed by atoms with Crippen molar-refractivity contribution in [2.24, 2.45) is 5.92 Å². The Hall–Kier alpha value is -0.610. The molecule has 14 heavy (non-hydrogen) atoms. The molecule has 0 spiro atoms. The molecule has 0 bridgehead atoms. The van der Waals surface area contributed by atoms with Gasteiger partial charge in [-0.1, -0.05) is 13.8 Å². The van der Waals surface area contributed by atoms with Crippen LogP contribution >= 0.6 is 15.9 Å². The number of nitrogens with one attached hydrogen (secondary N) is 1. The Kier molecular flexibility index (Phi) is 4.35. The van der Waals surface area contributed by atoms with Crippen LogP contribution in [0.15, 0.2) is 22.8 Å². The van der Waals surface area contributed by atoms with E-state index < -0.39 is 0 Å². The second-order valence-corrected chi connectivity index (χ2v) is 4.45. The molecule has 0 aliphatic rings. The van der Waals surface area contributed by atoms with Crippen molar-refractivity contribution in [3.63, 3.8) is 0 Å². The van der Waals surface area contributed by atoms with Crippen molar-refractivity contribution >= 4 is 21.7 Å². The molecular weight excluding hydrogens is 244 g/mol. The first kappa shape index (κ1) is 11.5. The summed E-state index contributed by atoms with van der Waals surface area (Å²) in [6.45, 7) is 4.24. The topological polar surface area (TPSA) is 45.1 Å². The van der Waals surface area contributed by atoms with E-state index in [-0.39, 0.29) is 12.6 Å². The SMILES string of the molecule is CC(C)C(CO)Nc1ccc(Br)cn1. The van der Waals surface area contributed by atoms with E-state index >= 15 is 0 Å². The lowest BCUT2D eigenvalue weighted by molar-refractivity contribution is 0.249. The van der Waals surface area contributed by atoms with E-state index in [1.165, 1.54) is 0 Å². The fourth-order valence-corrected chi connectivity index (χ4v) is 1.31. The smallest absolute Gasteiger partial charge is 0.126 e. The summed E-state index contributed by atoms with van der Waals surface area (Å²) < 4.78 is 0.952. The molecule has 4 heteroatoms. The van der Waals surface area contributed by atoms with E-state index in [1.54, 1.807) is 6.20 Å². The van der Waals surface area contributed by atoms with Crippen molar-refractivity contribution in [2.75, 3.05) is 11.9 Å². The molecular formula is C10H15BrN2O. The average Bonchev–Trinajstić information content (AvgIpc) is 2.16. The summed E-state index contributed by atoms with van der Waals surface area (Å²) in [5.41, 5.74) is 0. The maximum Gasteiger partial charge on any atom is 0.126 e. The first-order valence-corrected chi connectivity index (χ1v) is 5.41. The van der Waals surface area contributed by atoms with Crippen LogP contribution in [-0.2, 0) is 0 Å². The highest BCUT2D eigenvalue weighted by Gasteiger charge is 2.11. The van der Waals surface area contributed by atoms with E-state index in [2.05, 4.69) is 40.1 Å². The Balaban J connectivity index is 2.63. The molecule has 0 fully saturated rings. The standard InChI is InChI=1S/C10H15BrN2O/c1-7(2)9(6-14)13-10-4-3-8(11)5-12-10/h3-5,7,9,14H,6H2,1-2H3,(H,12,13). The maximum absolute atomic E-state index is 9.11. The van der Waals surface area contributed by atoms with E-state index in [1.807, 2.05) is 12.1 Å².